The molecule has 0 aliphatic heterocycles. The predicted molar refractivity (Wildman–Crippen MR) is 98.6 cm³/mol. The van der Waals surface area contributed by atoms with Crippen molar-refractivity contribution >= 4 is 32.6 Å². The Hall–Kier alpha value is -2.24. The average molecular weight is 340 g/mol. The van der Waals surface area contributed by atoms with Crippen LogP contribution in [0.4, 0.5) is 5.13 Å². The van der Waals surface area contributed by atoms with Crippen LogP contribution in [0.3, 0.4) is 0 Å². The molecular formula is C19H20N2O2S. The predicted octanol–water partition coefficient (Wildman–Crippen LogP) is 4.09. The molecule has 0 radical (unpaired) electrons. The van der Waals surface area contributed by atoms with Crippen molar-refractivity contribution in [2.45, 2.75) is 20.4 Å². The lowest BCUT2D eigenvalue weighted by molar-refractivity contribution is -0.122. The molecule has 2 aromatic carbocycles. The van der Waals surface area contributed by atoms with Crippen molar-refractivity contribution in [3.05, 3.63) is 59.2 Å². The molecule has 5 heteroatoms. The Balaban J connectivity index is 2.01. The molecule has 0 aliphatic carbocycles. The summed E-state index contributed by atoms with van der Waals surface area (Å²) in [6.45, 7) is 4.66. The summed E-state index contributed by atoms with van der Waals surface area (Å²) in [6, 6.07) is 14.2. The van der Waals surface area contributed by atoms with E-state index < -0.39 is 0 Å². The molecule has 1 heterocycles. The number of benzene rings is 2. The zero-order chi connectivity index (χ0) is 17.1. The van der Waals surface area contributed by atoms with E-state index in [1.807, 2.05) is 30.3 Å². The summed E-state index contributed by atoms with van der Waals surface area (Å²) in [6.07, 6.45) is 0. The molecule has 0 saturated carbocycles. The Bertz CT molecular complexity index is 858. The second-order valence-electron chi connectivity index (χ2n) is 5.82. The number of carbonyl (C=O) groups is 1. The average Bonchev–Trinajstić information content (AvgIpc) is 2.97. The number of anilines is 1. The first kappa shape index (κ1) is 16.6. The first-order valence-corrected chi connectivity index (χ1v) is 8.61. The van der Waals surface area contributed by atoms with Crippen LogP contribution >= 0.6 is 11.3 Å². The van der Waals surface area contributed by atoms with E-state index in [0.717, 1.165) is 21.3 Å². The number of fused-ring (bicyclic) bond motifs is 1. The first-order valence-electron chi connectivity index (χ1n) is 7.79. The van der Waals surface area contributed by atoms with E-state index in [-0.39, 0.29) is 12.5 Å². The topological polar surface area (TPSA) is 42.4 Å². The maximum absolute atomic E-state index is 12.5. The third kappa shape index (κ3) is 3.47. The third-order valence-electron chi connectivity index (χ3n) is 3.80. The SMILES string of the molecule is COCC(=O)N(Cc1ccccc1)c1nc2c(C)cc(C)cc2s1. The summed E-state index contributed by atoms with van der Waals surface area (Å²) in [7, 11) is 1.53. The molecule has 0 atom stereocenters. The molecule has 0 N–H and O–H groups in total. The summed E-state index contributed by atoms with van der Waals surface area (Å²) >= 11 is 1.55. The van der Waals surface area contributed by atoms with Crippen LogP contribution in [-0.2, 0) is 16.1 Å². The highest BCUT2D eigenvalue weighted by molar-refractivity contribution is 7.22. The van der Waals surface area contributed by atoms with Gasteiger partial charge < -0.3 is 4.74 Å². The summed E-state index contributed by atoms with van der Waals surface area (Å²) in [5.41, 5.74) is 4.36. The minimum absolute atomic E-state index is 0.0424. The molecule has 0 bridgehead atoms. The molecule has 3 aromatic rings. The van der Waals surface area contributed by atoms with Gasteiger partial charge in [0, 0.05) is 7.11 Å². The molecule has 0 aliphatic rings. The van der Waals surface area contributed by atoms with Crippen molar-refractivity contribution < 1.29 is 9.53 Å². The summed E-state index contributed by atoms with van der Waals surface area (Å²) in [5, 5.41) is 0.713. The van der Waals surface area contributed by atoms with Crippen LogP contribution in [0, 0.1) is 13.8 Å². The Morgan fingerprint density at radius 1 is 1.21 bits per heavy atom. The van der Waals surface area contributed by atoms with E-state index in [9.17, 15) is 4.79 Å². The minimum Gasteiger partial charge on any atom is -0.375 e. The van der Waals surface area contributed by atoms with Crippen LogP contribution < -0.4 is 4.90 Å². The maximum atomic E-state index is 12.5. The van der Waals surface area contributed by atoms with Gasteiger partial charge in [-0.2, -0.15) is 0 Å². The molecule has 4 nitrogen and oxygen atoms in total. The van der Waals surface area contributed by atoms with Crippen LogP contribution in [0.5, 0.6) is 0 Å². The van der Waals surface area contributed by atoms with Gasteiger partial charge in [0.2, 0.25) is 0 Å². The van der Waals surface area contributed by atoms with Crippen LogP contribution in [0.2, 0.25) is 0 Å². The standard InChI is InChI=1S/C19H20N2O2S/c1-13-9-14(2)18-16(10-13)24-19(20-18)21(17(22)12-23-3)11-15-7-5-4-6-8-15/h4-10H,11-12H2,1-3H3. The number of rotatable bonds is 5. The quantitative estimate of drug-likeness (QED) is 0.702. The van der Waals surface area contributed by atoms with Gasteiger partial charge in [0.1, 0.15) is 6.61 Å². The highest BCUT2D eigenvalue weighted by Gasteiger charge is 2.20. The number of carbonyl (C=O) groups excluding carboxylic acids is 1. The van der Waals surface area contributed by atoms with Crippen molar-refractivity contribution in [1.29, 1.82) is 0 Å². The fourth-order valence-electron chi connectivity index (χ4n) is 2.70. The smallest absolute Gasteiger partial charge is 0.255 e. The number of aryl methyl sites for hydroxylation is 2. The second kappa shape index (κ2) is 7.11. The Morgan fingerprint density at radius 2 is 1.96 bits per heavy atom. The van der Waals surface area contributed by atoms with E-state index in [2.05, 4.69) is 26.0 Å². The Kier molecular flexibility index (Phi) is 4.92. The van der Waals surface area contributed by atoms with Gasteiger partial charge in [-0.15, -0.1) is 0 Å². The normalized spacial score (nSPS) is 11.0. The zero-order valence-electron chi connectivity index (χ0n) is 14.1. The highest BCUT2D eigenvalue weighted by Crippen LogP contribution is 2.32. The third-order valence-corrected chi connectivity index (χ3v) is 4.83. The van der Waals surface area contributed by atoms with Gasteiger partial charge in [-0.1, -0.05) is 47.7 Å². The van der Waals surface area contributed by atoms with Crippen molar-refractivity contribution in [2.24, 2.45) is 0 Å². The molecule has 0 saturated heterocycles. The highest BCUT2D eigenvalue weighted by atomic mass is 32.1. The summed E-state index contributed by atoms with van der Waals surface area (Å²) in [4.78, 5) is 19.0. The number of aromatic nitrogens is 1. The lowest BCUT2D eigenvalue weighted by Crippen LogP contribution is -2.33. The van der Waals surface area contributed by atoms with Gasteiger partial charge in [-0.3, -0.25) is 9.69 Å². The van der Waals surface area contributed by atoms with E-state index in [4.69, 9.17) is 9.72 Å². The molecule has 0 fully saturated rings. The summed E-state index contributed by atoms with van der Waals surface area (Å²) in [5.74, 6) is -0.0882. The number of hydrogen-bond donors (Lipinski definition) is 0. The number of ether oxygens (including phenoxy) is 1. The van der Waals surface area contributed by atoms with Gasteiger partial charge in [0.05, 0.1) is 16.8 Å². The number of thiazole rings is 1. The Labute approximate surface area is 145 Å². The molecule has 1 amide bonds. The molecule has 3 rings (SSSR count). The maximum Gasteiger partial charge on any atom is 0.255 e. The number of amides is 1. The Morgan fingerprint density at radius 3 is 2.67 bits per heavy atom. The number of nitrogens with zero attached hydrogens (tertiary/aromatic N) is 2. The number of methoxy groups -OCH3 is 1. The van der Waals surface area contributed by atoms with Gasteiger partial charge in [-0.05, 0) is 36.6 Å². The molecular weight excluding hydrogens is 320 g/mol. The van der Waals surface area contributed by atoms with Crippen LogP contribution in [0.15, 0.2) is 42.5 Å². The van der Waals surface area contributed by atoms with Crippen LogP contribution in [0.25, 0.3) is 10.2 Å². The second-order valence-corrected chi connectivity index (χ2v) is 6.83. The molecule has 24 heavy (non-hydrogen) atoms. The molecule has 124 valence electrons. The van der Waals surface area contributed by atoms with Crippen molar-refractivity contribution in [1.82, 2.24) is 4.98 Å². The van der Waals surface area contributed by atoms with Crippen molar-refractivity contribution in [3.63, 3.8) is 0 Å². The van der Waals surface area contributed by atoms with E-state index >= 15 is 0 Å². The van der Waals surface area contributed by atoms with Crippen LogP contribution in [0.1, 0.15) is 16.7 Å². The lowest BCUT2D eigenvalue weighted by Gasteiger charge is -2.19. The van der Waals surface area contributed by atoms with E-state index in [0.29, 0.717) is 11.7 Å². The largest absolute Gasteiger partial charge is 0.375 e. The fraction of sp³-hybridized carbons (Fsp3) is 0.263. The molecule has 1 aromatic heterocycles. The van der Waals surface area contributed by atoms with Gasteiger partial charge in [0.25, 0.3) is 5.91 Å². The van der Waals surface area contributed by atoms with E-state index in [1.54, 1.807) is 16.2 Å². The van der Waals surface area contributed by atoms with Gasteiger partial charge in [-0.25, -0.2) is 4.98 Å². The van der Waals surface area contributed by atoms with Gasteiger partial charge in [0.15, 0.2) is 5.13 Å². The zero-order valence-corrected chi connectivity index (χ0v) is 14.9. The van der Waals surface area contributed by atoms with Gasteiger partial charge >= 0.3 is 0 Å². The van der Waals surface area contributed by atoms with Crippen molar-refractivity contribution in [3.8, 4) is 0 Å². The molecule has 0 unspecified atom stereocenters. The fourth-order valence-corrected chi connectivity index (χ4v) is 3.86. The van der Waals surface area contributed by atoms with E-state index in [1.165, 1.54) is 12.7 Å². The molecule has 0 spiro atoms. The first-order chi connectivity index (χ1) is 11.6. The van der Waals surface area contributed by atoms with Crippen molar-refractivity contribution in [2.75, 3.05) is 18.6 Å². The number of hydrogen-bond acceptors (Lipinski definition) is 4. The minimum atomic E-state index is -0.0882. The monoisotopic (exact) mass is 340 g/mol. The lowest BCUT2D eigenvalue weighted by atomic mass is 10.1. The van der Waals surface area contributed by atoms with Crippen LogP contribution in [-0.4, -0.2) is 24.6 Å². The summed E-state index contributed by atoms with van der Waals surface area (Å²) < 4.78 is 6.15.